The van der Waals surface area contributed by atoms with Crippen LogP contribution in [0.2, 0.25) is 0 Å². The third-order valence-corrected chi connectivity index (χ3v) is 3.56. The second-order valence-corrected chi connectivity index (χ2v) is 5.42. The number of carbonyl (C=O) groups excluding carboxylic acids is 4. The van der Waals surface area contributed by atoms with Crippen molar-refractivity contribution < 1.29 is 28.7 Å². The second-order valence-electron chi connectivity index (χ2n) is 5.42. The van der Waals surface area contributed by atoms with Crippen LogP contribution in [0.25, 0.3) is 0 Å². The summed E-state index contributed by atoms with van der Waals surface area (Å²) in [7, 11) is 1.64. The van der Waals surface area contributed by atoms with Gasteiger partial charge in [0.05, 0.1) is 19.6 Å². The molecule has 0 aliphatic heterocycles. The molecule has 0 saturated carbocycles. The Morgan fingerprint density at radius 1 is 1.00 bits per heavy atom. The van der Waals surface area contributed by atoms with Gasteiger partial charge in [0.1, 0.15) is 0 Å². The van der Waals surface area contributed by atoms with E-state index in [-0.39, 0.29) is 18.8 Å². The van der Waals surface area contributed by atoms with E-state index >= 15 is 0 Å². The highest BCUT2D eigenvalue weighted by atomic mass is 16.6. The van der Waals surface area contributed by atoms with E-state index in [4.69, 9.17) is 9.47 Å². The van der Waals surface area contributed by atoms with Crippen molar-refractivity contribution >= 4 is 29.3 Å². The first kappa shape index (κ1) is 21.1. The Hall–Kier alpha value is -2.90. The molecular formula is C18H24N2O6. The number of hydrogen-bond acceptors (Lipinski definition) is 7. The quantitative estimate of drug-likeness (QED) is 0.386. The van der Waals surface area contributed by atoms with Crippen LogP contribution < -0.4 is 10.6 Å². The zero-order valence-electron chi connectivity index (χ0n) is 15.4. The van der Waals surface area contributed by atoms with Crippen LogP contribution in [0.1, 0.15) is 37.6 Å². The molecule has 1 rings (SSSR count). The van der Waals surface area contributed by atoms with Gasteiger partial charge in [0.25, 0.3) is 0 Å². The van der Waals surface area contributed by atoms with Crippen molar-refractivity contribution in [2.45, 2.75) is 32.7 Å². The molecule has 0 spiro atoms. The van der Waals surface area contributed by atoms with Gasteiger partial charge in [-0.1, -0.05) is 12.1 Å². The largest absolute Gasteiger partial charge is 0.464 e. The molecule has 0 saturated heterocycles. The summed E-state index contributed by atoms with van der Waals surface area (Å²) in [6, 6.07) is 6.63. The van der Waals surface area contributed by atoms with Crippen LogP contribution in [-0.4, -0.2) is 49.4 Å². The van der Waals surface area contributed by atoms with Gasteiger partial charge in [0.2, 0.25) is 11.4 Å². The lowest BCUT2D eigenvalue weighted by Gasteiger charge is -2.29. The number of nitrogens with one attached hydrogen (secondary N) is 2. The van der Waals surface area contributed by atoms with Crippen molar-refractivity contribution in [1.29, 1.82) is 0 Å². The third-order valence-electron chi connectivity index (χ3n) is 3.56. The summed E-state index contributed by atoms with van der Waals surface area (Å²) in [5.74, 6) is -3.27. The van der Waals surface area contributed by atoms with Gasteiger partial charge >= 0.3 is 11.9 Å². The van der Waals surface area contributed by atoms with E-state index < -0.39 is 35.6 Å². The number of amides is 1. The summed E-state index contributed by atoms with van der Waals surface area (Å²) in [5.41, 5.74) is -1.43. The molecule has 2 N–H and O–H groups in total. The van der Waals surface area contributed by atoms with Gasteiger partial charge in [-0.25, -0.2) is 9.59 Å². The van der Waals surface area contributed by atoms with E-state index in [2.05, 4.69) is 10.6 Å². The van der Waals surface area contributed by atoms with E-state index in [9.17, 15) is 19.2 Å². The Kier molecular flexibility index (Phi) is 7.77. The van der Waals surface area contributed by atoms with E-state index in [0.29, 0.717) is 5.69 Å². The molecule has 0 bridgehead atoms. The van der Waals surface area contributed by atoms with Gasteiger partial charge in [-0.3, -0.25) is 9.59 Å². The van der Waals surface area contributed by atoms with Crippen LogP contribution in [0, 0.1) is 0 Å². The maximum Gasteiger partial charge on any atom is 0.344 e. The molecule has 0 aromatic heterocycles. The Labute approximate surface area is 152 Å². The highest BCUT2D eigenvalue weighted by molar-refractivity contribution is 6.14. The van der Waals surface area contributed by atoms with E-state index in [0.717, 1.165) is 6.92 Å². The molecular weight excluding hydrogens is 340 g/mol. The number of anilines is 1. The van der Waals surface area contributed by atoms with Crippen LogP contribution in [0.3, 0.4) is 0 Å². The van der Waals surface area contributed by atoms with Gasteiger partial charge in [0.15, 0.2) is 5.78 Å². The van der Waals surface area contributed by atoms with Crippen LogP contribution in [0.4, 0.5) is 5.69 Å². The minimum absolute atomic E-state index is 0.0269. The van der Waals surface area contributed by atoms with E-state index in [1.807, 2.05) is 0 Å². The van der Waals surface area contributed by atoms with Crippen molar-refractivity contribution in [1.82, 2.24) is 5.32 Å². The molecule has 0 fully saturated rings. The molecule has 0 radical (unpaired) electrons. The molecule has 8 heteroatoms. The molecule has 142 valence electrons. The van der Waals surface area contributed by atoms with Crippen molar-refractivity contribution in [3.05, 3.63) is 29.8 Å². The number of benzene rings is 1. The number of rotatable bonds is 9. The minimum Gasteiger partial charge on any atom is -0.464 e. The summed E-state index contributed by atoms with van der Waals surface area (Å²) in [6.45, 7) is 4.19. The zero-order valence-corrected chi connectivity index (χ0v) is 15.4. The van der Waals surface area contributed by atoms with Gasteiger partial charge in [-0.15, -0.1) is 0 Å². The number of Topliss-reactive ketones (excluding diaryl/α,β-unsaturated/α-hetero) is 1. The Morgan fingerprint density at radius 3 is 2.00 bits per heavy atom. The van der Waals surface area contributed by atoms with Crippen molar-refractivity contribution in [2.24, 2.45) is 0 Å². The molecule has 1 amide bonds. The first-order valence-electron chi connectivity index (χ1n) is 8.25. The highest BCUT2D eigenvalue weighted by Gasteiger charge is 2.51. The maximum absolute atomic E-state index is 12.8. The fourth-order valence-electron chi connectivity index (χ4n) is 2.46. The zero-order chi connectivity index (χ0) is 19.7. The van der Waals surface area contributed by atoms with Crippen molar-refractivity contribution in [3.8, 4) is 0 Å². The predicted molar refractivity (Wildman–Crippen MR) is 94.7 cm³/mol. The summed E-state index contributed by atoms with van der Waals surface area (Å²) in [5, 5.41) is 5.14. The molecule has 0 atom stereocenters. The topological polar surface area (TPSA) is 111 Å². The fraction of sp³-hybridized carbons (Fsp3) is 0.444. The summed E-state index contributed by atoms with van der Waals surface area (Å²) >= 11 is 0. The van der Waals surface area contributed by atoms with Crippen molar-refractivity contribution in [3.63, 3.8) is 0 Å². The second kappa shape index (κ2) is 9.55. The van der Waals surface area contributed by atoms with E-state index in [1.54, 1.807) is 45.2 Å². The molecule has 0 unspecified atom stereocenters. The molecule has 1 aromatic carbocycles. The Balaban J connectivity index is 3.37. The van der Waals surface area contributed by atoms with Gasteiger partial charge in [-0.05, 0) is 26.0 Å². The lowest BCUT2D eigenvalue weighted by atomic mass is 9.89. The molecule has 0 aliphatic rings. The van der Waals surface area contributed by atoms with Gasteiger partial charge in [-0.2, -0.15) is 0 Å². The lowest BCUT2D eigenvalue weighted by molar-refractivity contribution is -0.167. The summed E-state index contributed by atoms with van der Waals surface area (Å²) < 4.78 is 9.89. The Morgan fingerprint density at radius 2 is 1.54 bits per heavy atom. The highest BCUT2D eigenvalue weighted by Crippen LogP contribution is 2.23. The predicted octanol–water partition coefficient (Wildman–Crippen LogP) is 1.30. The standard InChI is InChI=1S/C18H24N2O6/c1-5-25-16(23)18(20-12(3)21,17(24)26-6-2)11-15(22)13-9-7-8-10-14(13)19-4/h7-10,19H,5-6,11H2,1-4H3,(H,20,21). The van der Waals surface area contributed by atoms with Gasteiger partial charge < -0.3 is 20.1 Å². The molecule has 1 aromatic rings. The molecule has 26 heavy (non-hydrogen) atoms. The number of esters is 2. The molecule has 0 heterocycles. The number of ketones is 1. The molecule has 8 nitrogen and oxygen atoms in total. The number of para-hydroxylation sites is 1. The number of hydrogen-bond donors (Lipinski definition) is 2. The SMILES string of the molecule is CCOC(=O)C(CC(=O)c1ccccc1NC)(NC(C)=O)C(=O)OCC. The van der Waals surface area contributed by atoms with Crippen LogP contribution >= 0.6 is 0 Å². The van der Waals surface area contributed by atoms with Crippen molar-refractivity contribution in [2.75, 3.05) is 25.6 Å². The number of carbonyl (C=O) groups is 4. The average molecular weight is 364 g/mol. The lowest BCUT2D eigenvalue weighted by Crippen LogP contribution is -2.62. The smallest absolute Gasteiger partial charge is 0.344 e. The summed E-state index contributed by atoms with van der Waals surface area (Å²) in [4.78, 5) is 49.6. The monoisotopic (exact) mass is 364 g/mol. The third kappa shape index (κ3) is 4.81. The normalized spacial score (nSPS) is 10.6. The van der Waals surface area contributed by atoms with Crippen LogP contribution in [0.5, 0.6) is 0 Å². The molecule has 0 aliphatic carbocycles. The Bertz CT molecular complexity index is 668. The van der Waals surface area contributed by atoms with Crippen LogP contribution in [-0.2, 0) is 23.9 Å². The summed E-state index contributed by atoms with van der Waals surface area (Å²) in [6.07, 6.45) is -0.622. The average Bonchev–Trinajstić information content (AvgIpc) is 2.60. The van der Waals surface area contributed by atoms with Crippen LogP contribution in [0.15, 0.2) is 24.3 Å². The minimum atomic E-state index is -2.24. The maximum atomic E-state index is 12.8. The van der Waals surface area contributed by atoms with E-state index in [1.165, 1.54) is 0 Å². The fourth-order valence-corrected chi connectivity index (χ4v) is 2.46. The first-order valence-corrected chi connectivity index (χ1v) is 8.25. The number of ether oxygens (including phenoxy) is 2. The first-order chi connectivity index (χ1) is 12.3. The van der Waals surface area contributed by atoms with Gasteiger partial charge in [0, 0.05) is 25.2 Å².